The van der Waals surface area contributed by atoms with E-state index in [1.165, 1.54) is 12.3 Å². The molecule has 3 rings (SSSR count). The molecule has 1 aromatic heterocycles. The summed E-state index contributed by atoms with van der Waals surface area (Å²) in [7, 11) is 0. The zero-order valence-electron chi connectivity index (χ0n) is 14.9. The van der Waals surface area contributed by atoms with Crippen LogP contribution in [0.1, 0.15) is 18.9 Å². The smallest absolute Gasteiger partial charge is 0.383 e. The fourth-order valence-electron chi connectivity index (χ4n) is 3.30. The Morgan fingerprint density at radius 3 is 2.44 bits per heavy atom. The van der Waals surface area contributed by atoms with Crippen LogP contribution in [-0.2, 0) is 6.42 Å². The number of hydrogen-bond acceptors (Lipinski definition) is 2. The summed E-state index contributed by atoms with van der Waals surface area (Å²) in [6.07, 6.45) is -3.44. The van der Waals surface area contributed by atoms with Crippen molar-refractivity contribution in [3.8, 4) is 0 Å². The topological polar surface area (TPSA) is 24.9 Å². The summed E-state index contributed by atoms with van der Waals surface area (Å²) in [4.78, 5) is 4.08. The van der Waals surface area contributed by atoms with E-state index >= 15 is 0 Å². The average Bonchev–Trinajstić information content (AvgIpc) is 2.59. The lowest BCUT2D eigenvalue weighted by molar-refractivity contribution is -0.154. The molecule has 0 radical (unpaired) electrons. The van der Waals surface area contributed by atoms with Gasteiger partial charge in [0.2, 0.25) is 0 Å². The van der Waals surface area contributed by atoms with Gasteiger partial charge in [0.05, 0.1) is 18.3 Å². The molecule has 1 atom stereocenters. The summed E-state index contributed by atoms with van der Waals surface area (Å²) in [5.41, 5.74) is 0.626. The normalized spacial score (nSPS) is 14.1. The number of nitrogens with one attached hydrogen (secondary N) is 1. The highest BCUT2D eigenvalue weighted by Gasteiger charge is 2.39. The largest absolute Gasteiger partial charge is 0.389 e. The lowest BCUT2D eigenvalue weighted by Crippen LogP contribution is -2.34. The summed E-state index contributed by atoms with van der Waals surface area (Å²) in [5.74, 6) is -0.426. The predicted molar refractivity (Wildman–Crippen MR) is 99.1 cm³/mol. The molecule has 6 heteroatoms. The minimum atomic E-state index is -4.27. The third kappa shape index (κ3) is 5.18. The van der Waals surface area contributed by atoms with Crippen molar-refractivity contribution in [1.29, 1.82) is 0 Å². The predicted octanol–water partition coefficient (Wildman–Crippen LogP) is 5.99. The highest BCUT2D eigenvalue weighted by atomic mass is 19.4. The number of benzene rings is 2. The van der Waals surface area contributed by atoms with Crippen molar-refractivity contribution in [1.82, 2.24) is 4.98 Å². The zero-order chi connectivity index (χ0) is 19.5. The number of para-hydroxylation sites is 1. The summed E-state index contributed by atoms with van der Waals surface area (Å²) < 4.78 is 53.2. The molecule has 142 valence electrons. The van der Waals surface area contributed by atoms with Crippen molar-refractivity contribution in [2.45, 2.75) is 25.9 Å². The Bertz CT molecular complexity index is 909. The number of rotatable bonds is 6. The number of alkyl halides is 3. The van der Waals surface area contributed by atoms with Crippen LogP contribution in [0, 0.1) is 11.2 Å². The molecule has 3 aromatic rings. The molecule has 2 nitrogen and oxygen atoms in total. The Morgan fingerprint density at radius 2 is 1.74 bits per heavy atom. The Kier molecular flexibility index (Phi) is 5.35. The van der Waals surface area contributed by atoms with Gasteiger partial charge < -0.3 is 5.32 Å². The Balaban J connectivity index is 1.79. The number of pyridine rings is 1. The van der Waals surface area contributed by atoms with Crippen LogP contribution in [0.5, 0.6) is 0 Å². The van der Waals surface area contributed by atoms with E-state index in [-0.39, 0.29) is 18.5 Å². The fourth-order valence-corrected chi connectivity index (χ4v) is 3.30. The average molecular weight is 376 g/mol. The van der Waals surface area contributed by atoms with E-state index in [1.807, 2.05) is 30.3 Å². The van der Waals surface area contributed by atoms with E-state index in [9.17, 15) is 17.6 Å². The lowest BCUT2D eigenvalue weighted by atomic mass is 9.80. The Morgan fingerprint density at radius 1 is 1.00 bits per heavy atom. The van der Waals surface area contributed by atoms with Gasteiger partial charge in [0.1, 0.15) is 11.3 Å². The quantitative estimate of drug-likeness (QED) is 0.535. The molecule has 0 unspecified atom stereocenters. The van der Waals surface area contributed by atoms with E-state index in [2.05, 4.69) is 10.3 Å². The van der Waals surface area contributed by atoms with Crippen LogP contribution >= 0.6 is 0 Å². The second kappa shape index (κ2) is 7.55. The van der Waals surface area contributed by atoms with Gasteiger partial charge in [-0.3, -0.25) is 4.98 Å². The van der Waals surface area contributed by atoms with E-state index in [0.29, 0.717) is 11.1 Å². The van der Waals surface area contributed by atoms with Crippen molar-refractivity contribution < 1.29 is 17.6 Å². The van der Waals surface area contributed by atoms with Gasteiger partial charge in [0.15, 0.2) is 0 Å². The van der Waals surface area contributed by atoms with Crippen LogP contribution < -0.4 is 5.32 Å². The van der Waals surface area contributed by atoms with Gasteiger partial charge in [0.25, 0.3) is 0 Å². The number of halogens is 4. The van der Waals surface area contributed by atoms with Gasteiger partial charge >= 0.3 is 6.18 Å². The molecule has 0 amide bonds. The first kappa shape index (κ1) is 19.1. The van der Waals surface area contributed by atoms with E-state index < -0.39 is 23.8 Å². The summed E-state index contributed by atoms with van der Waals surface area (Å²) in [6.45, 7) is 1.73. The Labute approximate surface area is 155 Å². The molecular weight excluding hydrogens is 356 g/mol. The van der Waals surface area contributed by atoms with E-state index in [1.54, 1.807) is 25.1 Å². The van der Waals surface area contributed by atoms with Crippen LogP contribution in [0.3, 0.4) is 0 Å². The molecule has 0 aliphatic carbocycles. The third-order valence-electron chi connectivity index (χ3n) is 4.48. The molecule has 0 saturated heterocycles. The first-order chi connectivity index (χ1) is 12.7. The lowest BCUT2D eigenvalue weighted by Gasteiger charge is -2.31. The van der Waals surface area contributed by atoms with Gasteiger partial charge in [0, 0.05) is 11.9 Å². The second-order valence-electron chi connectivity index (χ2n) is 7.15. The standard InChI is InChI=1S/C21H20F4N2/c1-20(13-21(23,24)25,11-15-6-3-2-4-7-15)14-27-17-10-16-8-5-9-18(22)19(16)26-12-17/h2-10,12,27H,11,13-14H2,1H3/t20-/m0/s1. The van der Waals surface area contributed by atoms with Gasteiger partial charge in [-0.2, -0.15) is 13.2 Å². The maximum atomic E-state index is 13.7. The van der Waals surface area contributed by atoms with Gasteiger partial charge in [-0.05, 0) is 29.5 Å². The minimum absolute atomic E-state index is 0.115. The molecule has 2 aromatic carbocycles. The van der Waals surface area contributed by atoms with Gasteiger partial charge in [-0.1, -0.05) is 49.4 Å². The van der Waals surface area contributed by atoms with E-state index in [4.69, 9.17) is 0 Å². The van der Waals surface area contributed by atoms with Gasteiger partial charge in [-0.25, -0.2) is 4.39 Å². The van der Waals surface area contributed by atoms with Crippen molar-refractivity contribution in [2.24, 2.45) is 5.41 Å². The molecule has 0 saturated carbocycles. The molecular formula is C21H20F4N2. The van der Waals surface area contributed by atoms with Crippen molar-refractivity contribution in [3.05, 3.63) is 72.2 Å². The first-order valence-electron chi connectivity index (χ1n) is 8.63. The van der Waals surface area contributed by atoms with Crippen LogP contribution in [0.15, 0.2) is 60.8 Å². The molecule has 27 heavy (non-hydrogen) atoms. The summed E-state index contributed by atoms with van der Waals surface area (Å²) in [6, 6.07) is 15.4. The number of nitrogens with zero attached hydrogens (tertiary/aromatic N) is 1. The highest BCUT2D eigenvalue weighted by Crippen LogP contribution is 2.36. The number of aromatic nitrogens is 1. The fraction of sp³-hybridized carbons (Fsp3) is 0.286. The molecule has 0 aliphatic rings. The van der Waals surface area contributed by atoms with Crippen LogP contribution in [-0.4, -0.2) is 17.7 Å². The highest BCUT2D eigenvalue weighted by molar-refractivity contribution is 5.82. The van der Waals surface area contributed by atoms with Crippen LogP contribution in [0.4, 0.5) is 23.2 Å². The molecule has 0 fully saturated rings. The number of anilines is 1. The molecule has 1 N–H and O–H groups in total. The SMILES string of the molecule is C[C@](CNc1cnc2c(F)cccc2c1)(Cc1ccccc1)CC(F)(F)F. The maximum Gasteiger partial charge on any atom is 0.389 e. The minimum Gasteiger partial charge on any atom is -0.383 e. The third-order valence-corrected chi connectivity index (χ3v) is 4.48. The maximum absolute atomic E-state index is 13.7. The summed E-state index contributed by atoms with van der Waals surface area (Å²) >= 11 is 0. The zero-order valence-corrected chi connectivity index (χ0v) is 14.9. The Hall–Kier alpha value is -2.63. The first-order valence-corrected chi connectivity index (χ1v) is 8.63. The number of fused-ring (bicyclic) bond motifs is 1. The second-order valence-corrected chi connectivity index (χ2v) is 7.15. The molecule has 0 spiro atoms. The van der Waals surface area contributed by atoms with Crippen LogP contribution in [0.2, 0.25) is 0 Å². The van der Waals surface area contributed by atoms with Crippen molar-refractivity contribution >= 4 is 16.6 Å². The van der Waals surface area contributed by atoms with E-state index in [0.717, 1.165) is 5.56 Å². The van der Waals surface area contributed by atoms with Crippen molar-refractivity contribution in [3.63, 3.8) is 0 Å². The van der Waals surface area contributed by atoms with Crippen LogP contribution in [0.25, 0.3) is 10.9 Å². The molecule has 1 heterocycles. The van der Waals surface area contributed by atoms with Crippen molar-refractivity contribution in [2.75, 3.05) is 11.9 Å². The summed E-state index contributed by atoms with van der Waals surface area (Å²) in [5, 5.41) is 3.65. The number of hydrogen-bond donors (Lipinski definition) is 1. The van der Waals surface area contributed by atoms with Gasteiger partial charge in [-0.15, -0.1) is 0 Å². The molecule has 0 aliphatic heterocycles. The monoisotopic (exact) mass is 376 g/mol. The molecule has 0 bridgehead atoms.